The number of nitrogens with zero attached hydrogens (tertiary/aromatic N) is 3. The lowest BCUT2D eigenvalue weighted by Gasteiger charge is -2.34. The Labute approximate surface area is 373 Å². The van der Waals surface area contributed by atoms with Gasteiger partial charge in [0, 0.05) is 37.6 Å². The molecule has 3 fully saturated rings. The van der Waals surface area contributed by atoms with E-state index in [0.29, 0.717) is 36.8 Å². The van der Waals surface area contributed by atoms with E-state index in [1.165, 1.54) is 55.5 Å². The van der Waals surface area contributed by atoms with Crippen molar-refractivity contribution < 1.29 is 28.8 Å². The van der Waals surface area contributed by atoms with Crippen molar-refractivity contribution in [3.05, 3.63) is 73.4 Å². The van der Waals surface area contributed by atoms with Crippen molar-refractivity contribution in [2.24, 2.45) is 17.8 Å². The minimum Gasteiger partial charge on any atom is -0.348 e. The first-order valence-electron chi connectivity index (χ1n) is 23.2. The van der Waals surface area contributed by atoms with Crippen molar-refractivity contribution in [2.75, 3.05) is 13.1 Å². The van der Waals surface area contributed by atoms with Crippen molar-refractivity contribution in [1.29, 1.82) is 0 Å². The lowest BCUT2D eigenvalue weighted by atomic mass is 9.78. The zero-order valence-electron chi connectivity index (χ0n) is 39.4. The molecule has 1 aromatic rings. The Bertz CT molecular complexity index is 1520. The van der Waals surface area contributed by atoms with E-state index in [4.69, 9.17) is 0 Å². The van der Waals surface area contributed by atoms with Crippen LogP contribution >= 0.6 is 0 Å². The molecule has 13 nitrogen and oxygen atoms in total. The summed E-state index contributed by atoms with van der Waals surface area (Å²) < 4.78 is 0. The summed E-state index contributed by atoms with van der Waals surface area (Å²) in [6.07, 6.45) is 25.7. The van der Waals surface area contributed by atoms with Gasteiger partial charge in [0.25, 0.3) is 11.8 Å². The Kier molecular flexibility index (Phi) is 31.9. The van der Waals surface area contributed by atoms with Gasteiger partial charge in [0.2, 0.25) is 24.5 Å². The first kappa shape index (κ1) is 57.1. The highest BCUT2D eigenvalue weighted by Crippen LogP contribution is 2.35. The van der Waals surface area contributed by atoms with Crippen molar-refractivity contribution in [3.8, 4) is 0 Å². The van der Waals surface area contributed by atoms with Crippen LogP contribution in [0.4, 0.5) is 0 Å². The van der Waals surface area contributed by atoms with Crippen LogP contribution < -0.4 is 21.3 Å². The normalized spacial score (nSPS) is 19.1. The number of hydrogen-bond donors (Lipinski definition) is 4. The summed E-state index contributed by atoms with van der Waals surface area (Å²) in [7, 11) is 0. The third-order valence-electron chi connectivity index (χ3n) is 11.2. The summed E-state index contributed by atoms with van der Waals surface area (Å²) in [4.78, 5) is 79.0. The molecule has 13 heteroatoms. The van der Waals surface area contributed by atoms with Crippen LogP contribution in [0.3, 0.4) is 0 Å². The molecule has 0 aromatic carbocycles. The number of likely N-dealkylation sites (tertiary alicyclic amines) is 1. The largest absolute Gasteiger partial charge is 0.348 e. The lowest BCUT2D eigenvalue weighted by molar-refractivity contribution is -0.139. The second-order valence-electron chi connectivity index (χ2n) is 15.2. The van der Waals surface area contributed by atoms with Gasteiger partial charge in [-0.2, -0.15) is 0 Å². The summed E-state index contributed by atoms with van der Waals surface area (Å²) >= 11 is 0. The van der Waals surface area contributed by atoms with Gasteiger partial charge in [-0.25, -0.2) is 4.98 Å². The first-order chi connectivity index (χ1) is 30.1. The molecule has 0 radical (unpaired) electrons. The van der Waals surface area contributed by atoms with E-state index in [0.717, 1.165) is 57.9 Å². The van der Waals surface area contributed by atoms with Gasteiger partial charge in [-0.15, -0.1) is 13.2 Å². The van der Waals surface area contributed by atoms with Crippen LogP contribution in [-0.4, -0.2) is 88.4 Å². The quantitative estimate of drug-likeness (QED) is 0.0651. The zero-order chi connectivity index (χ0) is 46.9. The highest BCUT2D eigenvalue weighted by atomic mass is 16.2. The third kappa shape index (κ3) is 20.8. The van der Waals surface area contributed by atoms with Gasteiger partial charge in [-0.3, -0.25) is 33.8 Å². The minimum atomic E-state index is -0.685. The van der Waals surface area contributed by atoms with Crippen LogP contribution in [0.25, 0.3) is 0 Å². The summed E-state index contributed by atoms with van der Waals surface area (Å²) in [6.45, 7) is 28.4. The minimum absolute atomic E-state index is 0.0719. The predicted molar refractivity (Wildman–Crippen MR) is 251 cm³/mol. The Morgan fingerprint density at radius 2 is 1.50 bits per heavy atom. The molecule has 5 rings (SSSR count). The fourth-order valence-electron chi connectivity index (χ4n) is 7.77. The maximum Gasteiger partial charge on any atom is 0.289 e. The van der Waals surface area contributed by atoms with Gasteiger partial charge in [0.15, 0.2) is 0 Å². The Balaban J connectivity index is 0.000000862. The van der Waals surface area contributed by atoms with E-state index in [1.54, 1.807) is 12.4 Å². The van der Waals surface area contributed by atoms with Crippen LogP contribution in [0.15, 0.2) is 67.7 Å². The van der Waals surface area contributed by atoms with Crippen LogP contribution in [0.2, 0.25) is 0 Å². The molecular formula is C49H81N7O6. The molecule has 1 saturated heterocycles. The molecule has 3 aliphatic carbocycles. The number of nitrogens with one attached hydrogen (secondary N) is 4. The van der Waals surface area contributed by atoms with Crippen molar-refractivity contribution in [3.63, 3.8) is 0 Å². The molecule has 62 heavy (non-hydrogen) atoms. The summed E-state index contributed by atoms with van der Waals surface area (Å²) in [6, 6.07) is -0.610. The molecule has 0 spiro atoms. The molecule has 5 amide bonds. The fraction of sp³-hybridized carbons (Fsp3) is 0.633. The van der Waals surface area contributed by atoms with E-state index in [9.17, 15) is 28.8 Å². The van der Waals surface area contributed by atoms with Gasteiger partial charge in [0.05, 0.1) is 12.2 Å². The van der Waals surface area contributed by atoms with Crippen molar-refractivity contribution in [1.82, 2.24) is 36.1 Å². The number of ketones is 1. The predicted octanol–water partition coefficient (Wildman–Crippen LogP) is 8.00. The average molecular weight is 864 g/mol. The number of amides is 5. The van der Waals surface area contributed by atoms with Crippen LogP contribution in [0.1, 0.15) is 156 Å². The average Bonchev–Trinajstić information content (AvgIpc) is 4.05. The van der Waals surface area contributed by atoms with Gasteiger partial charge in [-0.05, 0) is 95.0 Å². The standard InChI is InChI=1S/C19H28N2O2.C13H19N3O.C11H16N2O3.3C2H6/c1-4-7-16-9-10-17(12-15(16)5-2)18(20-13-22)19(23)21-11-6-8-14(21)3;1-10(11-5-3-2-4-6-11)16-13(17)12-9-14-7-8-15-12;1-2-5-12-11(16)10(15)9(13-7-14)6-8-3-4-8;3*1-2/h4-5,13-14,17-18H,1-2,6-12H2,3H3,(H,20,22);7-11H,2-6H2,1H3,(H,16,17);2,7-9H,1,3-6H2,(H,12,16)(H,13,14);3*1-2H3/t14?,17?,18-;;;;;/m0...../s1. The Hall–Kier alpha value is -4.94. The smallest absolute Gasteiger partial charge is 0.289 e. The number of hydrogen-bond acceptors (Lipinski definition) is 8. The molecule has 348 valence electrons. The molecule has 1 aromatic heterocycles. The summed E-state index contributed by atoms with van der Waals surface area (Å²) in [5.41, 5.74) is 2.97. The van der Waals surface area contributed by atoms with Crippen LogP contribution in [0, 0.1) is 17.8 Å². The maximum absolute atomic E-state index is 12.9. The SMILES string of the molecule is C=CCC1=C(C=C)CC([C@H](NC=O)C(=O)N2CCCC2C)CC1.C=CCNC(=O)C(=O)C(CC1CC1)NC=O.CC.CC.CC.CC(NC(=O)c1cnccn1)C1CCCCC1. The van der Waals surface area contributed by atoms with E-state index in [1.807, 2.05) is 58.6 Å². The molecule has 2 saturated carbocycles. The van der Waals surface area contributed by atoms with Crippen LogP contribution in [0.5, 0.6) is 0 Å². The number of rotatable bonds is 18. The second-order valence-corrected chi connectivity index (χ2v) is 15.2. The molecule has 1 aliphatic heterocycles. The highest BCUT2D eigenvalue weighted by molar-refractivity contribution is 6.38. The second kappa shape index (κ2) is 34.6. The molecule has 4 unspecified atom stereocenters. The zero-order valence-corrected chi connectivity index (χ0v) is 39.4. The third-order valence-corrected chi connectivity index (χ3v) is 11.2. The Morgan fingerprint density at radius 1 is 0.839 bits per heavy atom. The fourth-order valence-corrected chi connectivity index (χ4v) is 7.77. The van der Waals surface area contributed by atoms with Gasteiger partial charge in [-0.1, -0.05) is 104 Å². The highest BCUT2D eigenvalue weighted by Gasteiger charge is 2.37. The summed E-state index contributed by atoms with van der Waals surface area (Å²) in [5.74, 6) is -0.0698. The molecule has 0 bridgehead atoms. The van der Waals surface area contributed by atoms with Crippen molar-refractivity contribution >= 4 is 36.3 Å². The number of allylic oxidation sites excluding steroid dienone is 4. The molecule has 5 atom stereocenters. The number of Topliss-reactive ketones (excluding diaryl/α,β-unsaturated/α-hetero) is 1. The molecule has 4 N–H and O–H groups in total. The van der Waals surface area contributed by atoms with Gasteiger partial charge >= 0.3 is 0 Å². The monoisotopic (exact) mass is 864 g/mol. The van der Waals surface area contributed by atoms with Gasteiger partial charge in [0.1, 0.15) is 11.7 Å². The summed E-state index contributed by atoms with van der Waals surface area (Å²) in [5, 5.41) is 10.6. The van der Waals surface area contributed by atoms with Gasteiger partial charge < -0.3 is 26.2 Å². The van der Waals surface area contributed by atoms with Crippen LogP contribution in [-0.2, 0) is 24.0 Å². The lowest BCUT2D eigenvalue weighted by Crippen LogP contribution is -2.51. The number of aromatic nitrogens is 2. The molecule has 4 aliphatic rings. The van der Waals surface area contributed by atoms with E-state index < -0.39 is 23.8 Å². The van der Waals surface area contributed by atoms with E-state index >= 15 is 0 Å². The van der Waals surface area contributed by atoms with E-state index in [2.05, 4.69) is 64.8 Å². The Morgan fingerprint density at radius 3 is 2.02 bits per heavy atom. The maximum atomic E-state index is 12.9. The topological polar surface area (TPSA) is 180 Å². The number of carbonyl (C=O) groups excluding carboxylic acids is 6. The van der Waals surface area contributed by atoms with E-state index in [-0.39, 0.29) is 36.4 Å². The molecule has 2 heterocycles. The van der Waals surface area contributed by atoms with Crippen molar-refractivity contribution in [2.45, 2.75) is 169 Å². The first-order valence-corrected chi connectivity index (χ1v) is 23.2. The number of carbonyl (C=O) groups is 6. The molecular weight excluding hydrogens is 783 g/mol.